The van der Waals surface area contributed by atoms with Gasteiger partial charge in [0.25, 0.3) is 5.91 Å². The van der Waals surface area contributed by atoms with E-state index in [2.05, 4.69) is 36.2 Å². The van der Waals surface area contributed by atoms with Crippen LogP contribution in [0.1, 0.15) is 21.5 Å². The van der Waals surface area contributed by atoms with Crippen molar-refractivity contribution in [3.63, 3.8) is 0 Å². The zero-order valence-electron chi connectivity index (χ0n) is 16.9. The fourth-order valence-electron chi connectivity index (χ4n) is 3.26. The number of fused-ring (bicyclic) bond motifs is 1. The summed E-state index contributed by atoms with van der Waals surface area (Å²) in [5.74, 6) is -0.948. The fourth-order valence-corrected chi connectivity index (χ4v) is 3.79. The molecular formula is C22H15BrF3N5O2. The summed E-state index contributed by atoms with van der Waals surface area (Å²) in [4.78, 5) is 24.6. The number of phenolic OH excluding ortho intramolecular Hbond substituents is 1. The highest BCUT2D eigenvalue weighted by molar-refractivity contribution is 9.10. The summed E-state index contributed by atoms with van der Waals surface area (Å²) in [6.07, 6.45) is -2.08. The highest BCUT2D eigenvalue weighted by Gasteiger charge is 2.31. The maximum Gasteiger partial charge on any atom is 0.416 e. The number of aryl methyl sites for hydroxylation is 1. The van der Waals surface area contributed by atoms with E-state index in [0.29, 0.717) is 26.5 Å². The molecule has 2 aromatic carbocycles. The minimum atomic E-state index is -4.56. The van der Waals surface area contributed by atoms with Crippen molar-refractivity contribution in [1.29, 1.82) is 0 Å². The van der Waals surface area contributed by atoms with E-state index in [1.165, 1.54) is 18.3 Å². The number of hydrogen-bond acceptors (Lipinski definition) is 6. The number of anilines is 2. The lowest BCUT2D eigenvalue weighted by atomic mass is 9.96. The third-order valence-electron chi connectivity index (χ3n) is 4.93. The molecule has 0 radical (unpaired) electrons. The molecule has 4 aromatic rings. The van der Waals surface area contributed by atoms with E-state index in [0.717, 1.165) is 23.9 Å². The highest BCUT2D eigenvalue weighted by Crippen LogP contribution is 2.41. The van der Waals surface area contributed by atoms with Gasteiger partial charge >= 0.3 is 6.18 Å². The third-order valence-corrected chi connectivity index (χ3v) is 5.68. The average Bonchev–Trinajstić information content (AvgIpc) is 2.76. The molecule has 0 fully saturated rings. The maximum absolute atomic E-state index is 12.9. The van der Waals surface area contributed by atoms with E-state index in [1.54, 1.807) is 19.1 Å². The summed E-state index contributed by atoms with van der Waals surface area (Å²) in [5, 5.41) is 13.7. The Morgan fingerprint density at radius 1 is 1.12 bits per heavy atom. The Bertz CT molecular complexity index is 1410. The molecule has 4 N–H and O–H groups in total. The number of halogens is 4. The van der Waals surface area contributed by atoms with Gasteiger partial charge in [-0.05, 0) is 64.3 Å². The van der Waals surface area contributed by atoms with Gasteiger partial charge in [-0.2, -0.15) is 13.2 Å². The van der Waals surface area contributed by atoms with Gasteiger partial charge in [-0.15, -0.1) is 0 Å². The van der Waals surface area contributed by atoms with Crippen LogP contribution in [-0.2, 0) is 6.18 Å². The van der Waals surface area contributed by atoms with Crippen LogP contribution in [0.15, 0.2) is 53.3 Å². The molecule has 0 aliphatic rings. The Morgan fingerprint density at radius 3 is 2.61 bits per heavy atom. The molecule has 7 nitrogen and oxygen atoms in total. The van der Waals surface area contributed by atoms with Crippen molar-refractivity contribution in [1.82, 2.24) is 15.0 Å². The summed E-state index contributed by atoms with van der Waals surface area (Å²) in [6, 6.07) is 7.96. The molecule has 0 aliphatic heterocycles. The van der Waals surface area contributed by atoms with Crippen LogP contribution in [0.3, 0.4) is 0 Å². The van der Waals surface area contributed by atoms with Crippen LogP contribution in [0.2, 0.25) is 0 Å². The molecule has 0 unspecified atom stereocenters. The second-order valence-electron chi connectivity index (χ2n) is 7.16. The molecule has 11 heteroatoms. The number of pyridine rings is 1. The zero-order valence-corrected chi connectivity index (χ0v) is 18.5. The normalized spacial score (nSPS) is 11.5. The van der Waals surface area contributed by atoms with Crippen molar-refractivity contribution in [3.8, 4) is 16.9 Å². The molecule has 168 valence electrons. The zero-order chi connectivity index (χ0) is 23.9. The third kappa shape index (κ3) is 4.44. The second kappa shape index (κ2) is 8.32. The number of benzene rings is 2. The van der Waals surface area contributed by atoms with E-state index < -0.39 is 17.6 Å². The monoisotopic (exact) mass is 517 g/mol. The number of aromatic hydroxyl groups is 1. The number of hydrogen-bond donors (Lipinski definition) is 3. The molecule has 0 bridgehead atoms. The molecule has 0 saturated heterocycles. The van der Waals surface area contributed by atoms with Gasteiger partial charge in [0.2, 0.25) is 5.95 Å². The molecule has 1 amide bonds. The SMILES string of the molecule is Cc1ccc(C(=O)Nc2cc(C(F)(F)F)ccn2)cc1-c1cc2cnc(N)nc2c(Br)c1O. The van der Waals surface area contributed by atoms with Gasteiger partial charge in [-0.25, -0.2) is 15.0 Å². The Morgan fingerprint density at radius 2 is 1.88 bits per heavy atom. The molecule has 4 rings (SSSR count). The lowest BCUT2D eigenvalue weighted by Gasteiger charge is -2.14. The minimum Gasteiger partial charge on any atom is -0.506 e. The van der Waals surface area contributed by atoms with Gasteiger partial charge in [0.15, 0.2) is 0 Å². The van der Waals surface area contributed by atoms with Gasteiger partial charge in [0.05, 0.1) is 15.6 Å². The van der Waals surface area contributed by atoms with Crippen LogP contribution in [0, 0.1) is 6.92 Å². The minimum absolute atomic E-state index is 0.0494. The first-order valence-corrected chi connectivity index (χ1v) is 10.2. The number of carbonyl (C=O) groups is 1. The van der Waals surface area contributed by atoms with Gasteiger partial charge in [-0.3, -0.25) is 4.79 Å². The van der Waals surface area contributed by atoms with Gasteiger partial charge < -0.3 is 16.2 Å². The number of amides is 1. The predicted octanol–water partition coefficient (Wildman–Crippen LogP) is 5.32. The Balaban J connectivity index is 1.73. The maximum atomic E-state index is 12.9. The molecular weight excluding hydrogens is 503 g/mol. The number of nitrogens with two attached hydrogens (primary N) is 1. The first kappa shape index (κ1) is 22.5. The number of rotatable bonds is 3. The molecule has 0 saturated carbocycles. The number of nitrogen functional groups attached to an aromatic ring is 1. The summed E-state index contributed by atoms with van der Waals surface area (Å²) in [7, 11) is 0. The Hall–Kier alpha value is -3.73. The summed E-state index contributed by atoms with van der Waals surface area (Å²) < 4.78 is 39.1. The van der Waals surface area contributed by atoms with E-state index in [9.17, 15) is 23.1 Å². The summed E-state index contributed by atoms with van der Waals surface area (Å²) >= 11 is 3.33. The van der Waals surface area contributed by atoms with Crippen LogP contribution >= 0.6 is 15.9 Å². The molecule has 2 heterocycles. The van der Waals surface area contributed by atoms with E-state index in [4.69, 9.17) is 5.73 Å². The highest BCUT2D eigenvalue weighted by atomic mass is 79.9. The van der Waals surface area contributed by atoms with Crippen LogP contribution in [0.5, 0.6) is 5.75 Å². The molecule has 0 atom stereocenters. The Labute approximate surface area is 193 Å². The van der Waals surface area contributed by atoms with Crippen LogP contribution in [0.25, 0.3) is 22.0 Å². The first-order valence-electron chi connectivity index (χ1n) is 9.44. The summed E-state index contributed by atoms with van der Waals surface area (Å²) in [5.41, 5.74) is 6.99. The van der Waals surface area contributed by atoms with Gasteiger partial charge in [0.1, 0.15) is 11.6 Å². The number of aromatic nitrogens is 3. The van der Waals surface area contributed by atoms with Crippen LogP contribution in [0.4, 0.5) is 24.9 Å². The van der Waals surface area contributed by atoms with E-state index in [1.807, 2.05) is 0 Å². The van der Waals surface area contributed by atoms with E-state index in [-0.39, 0.29) is 23.1 Å². The quantitative estimate of drug-likeness (QED) is 0.338. The standard InChI is InChI=1S/C22H15BrF3N5O2/c1-10-2-3-11(20(33)30-16-8-13(4-5-28-16)22(24,25)26)6-14(10)15-7-12-9-29-21(27)31-18(12)17(23)19(15)32/h2-9,32H,1H3,(H2,27,29,31)(H,28,30,33). The largest absolute Gasteiger partial charge is 0.506 e. The number of nitrogens with zero attached hydrogens (tertiary/aromatic N) is 3. The lowest BCUT2D eigenvalue weighted by molar-refractivity contribution is -0.137. The molecule has 0 aliphatic carbocycles. The number of carbonyl (C=O) groups excluding carboxylic acids is 1. The topological polar surface area (TPSA) is 114 Å². The average molecular weight is 518 g/mol. The van der Waals surface area contributed by atoms with Gasteiger partial charge in [0, 0.05) is 28.9 Å². The number of nitrogens with one attached hydrogen (secondary N) is 1. The predicted molar refractivity (Wildman–Crippen MR) is 121 cm³/mol. The van der Waals surface area contributed by atoms with Crippen molar-refractivity contribution in [2.24, 2.45) is 0 Å². The van der Waals surface area contributed by atoms with Gasteiger partial charge in [-0.1, -0.05) is 6.07 Å². The molecule has 0 spiro atoms. The van der Waals surface area contributed by atoms with Crippen molar-refractivity contribution in [3.05, 3.63) is 70.0 Å². The van der Waals surface area contributed by atoms with E-state index >= 15 is 0 Å². The fraction of sp³-hybridized carbons (Fsp3) is 0.0909. The number of alkyl halides is 3. The first-order chi connectivity index (χ1) is 15.5. The van der Waals surface area contributed by atoms with Crippen LogP contribution in [-0.4, -0.2) is 26.0 Å². The van der Waals surface area contributed by atoms with Crippen molar-refractivity contribution < 1.29 is 23.1 Å². The molecule has 2 aromatic heterocycles. The molecule has 33 heavy (non-hydrogen) atoms. The van der Waals surface area contributed by atoms with Crippen LogP contribution < -0.4 is 11.1 Å². The number of phenols is 1. The Kier molecular flexibility index (Phi) is 5.66. The second-order valence-corrected chi connectivity index (χ2v) is 7.96. The van der Waals surface area contributed by atoms with Crippen molar-refractivity contribution in [2.45, 2.75) is 13.1 Å². The smallest absolute Gasteiger partial charge is 0.416 e. The van der Waals surface area contributed by atoms with Crippen molar-refractivity contribution >= 4 is 44.5 Å². The van der Waals surface area contributed by atoms with Crippen molar-refractivity contribution in [2.75, 3.05) is 11.1 Å². The summed E-state index contributed by atoms with van der Waals surface area (Å²) in [6.45, 7) is 1.79. The lowest BCUT2D eigenvalue weighted by Crippen LogP contribution is -2.14.